The first-order chi connectivity index (χ1) is 18.2. The van der Waals surface area contributed by atoms with Crippen LogP contribution in [0.25, 0.3) is 5.00 Å². The van der Waals surface area contributed by atoms with Crippen LogP contribution in [0.4, 0.5) is 8.78 Å². The van der Waals surface area contributed by atoms with E-state index in [0.717, 1.165) is 39.1 Å². The highest BCUT2D eigenvalue weighted by molar-refractivity contribution is 7.15. The van der Waals surface area contributed by atoms with Crippen LogP contribution in [0, 0.1) is 25.5 Å². The molecule has 0 saturated heterocycles. The molecule has 0 bridgehead atoms. The lowest BCUT2D eigenvalue weighted by Gasteiger charge is -2.29. The van der Waals surface area contributed by atoms with E-state index in [2.05, 4.69) is 13.0 Å². The molecule has 2 aromatic carbocycles. The Morgan fingerprint density at radius 2 is 1.68 bits per heavy atom. The van der Waals surface area contributed by atoms with E-state index in [1.165, 1.54) is 12.1 Å². The maximum Gasteiger partial charge on any atom is 0.257 e. The zero-order valence-corrected chi connectivity index (χ0v) is 22.6. The Bertz CT molecular complexity index is 1380. The number of aromatic nitrogens is 1. The second-order valence-electron chi connectivity index (χ2n) is 9.63. The van der Waals surface area contributed by atoms with Gasteiger partial charge in [-0.1, -0.05) is 31.2 Å². The molecular weight excluding hydrogens is 504 g/mol. The third kappa shape index (κ3) is 6.38. The molecule has 4 rings (SSSR count). The lowest BCUT2D eigenvalue weighted by Crippen LogP contribution is -2.46. The third-order valence-corrected chi connectivity index (χ3v) is 8.00. The average molecular weight is 538 g/mol. The summed E-state index contributed by atoms with van der Waals surface area (Å²) < 4.78 is 29.3. The van der Waals surface area contributed by atoms with Crippen LogP contribution < -0.4 is 5.73 Å². The molecule has 0 aliphatic carbocycles. The van der Waals surface area contributed by atoms with Crippen LogP contribution in [0.15, 0.2) is 67.0 Å². The van der Waals surface area contributed by atoms with E-state index in [1.54, 1.807) is 16.2 Å². The number of hydrogen-bond acceptors (Lipinski definition) is 4. The van der Waals surface area contributed by atoms with E-state index < -0.39 is 23.8 Å². The van der Waals surface area contributed by atoms with Gasteiger partial charge in [-0.05, 0) is 73.2 Å². The summed E-state index contributed by atoms with van der Waals surface area (Å²) in [6, 6.07) is 14.2. The molecule has 38 heavy (non-hydrogen) atoms. The summed E-state index contributed by atoms with van der Waals surface area (Å²) in [6.07, 6.45) is 3.61. The Hall–Kier alpha value is -3.33. The monoisotopic (exact) mass is 537 g/mol. The molecule has 0 aliphatic rings. The summed E-state index contributed by atoms with van der Waals surface area (Å²) >= 11 is 1.54. The van der Waals surface area contributed by atoms with Crippen LogP contribution in [-0.2, 0) is 19.4 Å². The molecule has 0 unspecified atom stereocenters. The normalized spacial score (nSPS) is 12.9. The second-order valence-corrected chi connectivity index (χ2v) is 10.8. The highest BCUT2D eigenvalue weighted by Crippen LogP contribution is 2.32. The van der Waals surface area contributed by atoms with E-state index in [4.69, 9.17) is 5.73 Å². The van der Waals surface area contributed by atoms with Crippen molar-refractivity contribution in [1.29, 1.82) is 0 Å². The largest absolute Gasteiger partial charge is 0.390 e. The number of nitrogens with two attached hydrogens (primary N) is 1. The number of nitrogens with zero attached hydrogens (tertiary/aromatic N) is 2. The zero-order valence-electron chi connectivity index (χ0n) is 21.8. The van der Waals surface area contributed by atoms with Crippen LogP contribution in [0.2, 0.25) is 0 Å². The van der Waals surface area contributed by atoms with E-state index in [1.807, 2.05) is 61.1 Å². The Morgan fingerprint density at radius 3 is 2.34 bits per heavy atom. The van der Waals surface area contributed by atoms with Crippen LogP contribution in [0.3, 0.4) is 0 Å². The van der Waals surface area contributed by atoms with Crippen molar-refractivity contribution >= 4 is 17.2 Å². The van der Waals surface area contributed by atoms with Crippen molar-refractivity contribution in [3.8, 4) is 5.00 Å². The quantitative estimate of drug-likeness (QED) is 0.278. The van der Waals surface area contributed by atoms with Crippen LogP contribution >= 0.6 is 11.3 Å². The van der Waals surface area contributed by atoms with Crippen molar-refractivity contribution in [3.05, 3.63) is 111 Å². The van der Waals surface area contributed by atoms with Crippen LogP contribution in [0.5, 0.6) is 0 Å². The van der Waals surface area contributed by atoms with Crippen molar-refractivity contribution in [3.63, 3.8) is 0 Å². The first kappa shape index (κ1) is 27.7. The van der Waals surface area contributed by atoms with Gasteiger partial charge >= 0.3 is 0 Å². The summed E-state index contributed by atoms with van der Waals surface area (Å²) in [5, 5.41) is 11.9. The second kappa shape index (κ2) is 12.0. The molecule has 8 heteroatoms. The van der Waals surface area contributed by atoms with Crippen LogP contribution in [-0.4, -0.2) is 39.2 Å². The van der Waals surface area contributed by atoms with E-state index in [-0.39, 0.29) is 25.4 Å². The van der Waals surface area contributed by atoms with E-state index in [9.17, 15) is 18.7 Å². The van der Waals surface area contributed by atoms with Gasteiger partial charge in [0, 0.05) is 42.5 Å². The minimum atomic E-state index is -1.12. The molecule has 2 atom stereocenters. The SMILES string of the molecule is CCc1cccc(CN(C[C@@H](O)[C@@H](N)Cc2cc(F)cc(F)c2)C(=O)c2c(-n3cccc3)sc(C)c2C)c1. The van der Waals surface area contributed by atoms with Crippen LogP contribution in [0.1, 0.15) is 44.4 Å². The minimum absolute atomic E-state index is 0.0341. The number of aliphatic hydroxyl groups is 1. The van der Waals surface area contributed by atoms with Gasteiger partial charge in [0.15, 0.2) is 0 Å². The highest BCUT2D eigenvalue weighted by Gasteiger charge is 2.28. The Labute approximate surface area is 226 Å². The third-order valence-electron chi connectivity index (χ3n) is 6.78. The van der Waals surface area contributed by atoms with Gasteiger partial charge in [0.05, 0.1) is 11.7 Å². The topological polar surface area (TPSA) is 71.5 Å². The molecule has 1 amide bonds. The molecule has 0 saturated carbocycles. The fourth-order valence-electron chi connectivity index (χ4n) is 4.56. The fourth-order valence-corrected chi connectivity index (χ4v) is 5.67. The average Bonchev–Trinajstić information content (AvgIpc) is 3.51. The smallest absolute Gasteiger partial charge is 0.257 e. The molecule has 2 heterocycles. The maximum absolute atomic E-state index is 14.1. The number of aryl methyl sites for hydroxylation is 2. The summed E-state index contributed by atoms with van der Waals surface area (Å²) in [6.45, 7) is 6.24. The number of benzene rings is 2. The van der Waals surface area contributed by atoms with Crippen molar-refractivity contribution in [2.24, 2.45) is 5.73 Å². The molecule has 0 radical (unpaired) electrons. The molecule has 200 valence electrons. The predicted octanol–water partition coefficient (Wildman–Crippen LogP) is 5.57. The van der Waals surface area contributed by atoms with Gasteiger partial charge in [0.1, 0.15) is 16.6 Å². The van der Waals surface area contributed by atoms with Gasteiger partial charge in [-0.15, -0.1) is 11.3 Å². The Morgan fingerprint density at radius 1 is 1.03 bits per heavy atom. The summed E-state index contributed by atoms with van der Waals surface area (Å²) in [4.78, 5) is 16.8. The molecule has 0 spiro atoms. The Balaban J connectivity index is 1.64. The number of amides is 1. The lowest BCUT2D eigenvalue weighted by atomic mass is 10.0. The molecule has 0 aliphatic heterocycles. The number of halogens is 2. The molecule has 0 fully saturated rings. The van der Waals surface area contributed by atoms with Gasteiger partial charge < -0.3 is 20.3 Å². The van der Waals surface area contributed by atoms with Gasteiger partial charge in [0.25, 0.3) is 5.91 Å². The zero-order chi connectivity index (χ0) is 27.4. The number of thiophene rings is 1. The van der Waals surface area contributed by atoms with Crippen molar-refractivity contribution in [2.45, 2.75) is 52.3 Å². The number of rotatable bonds is 10. The van der Waals surface area contributed by atoms with E-state index >= 15 is 0 Å². The first-order valence-corrected chi connectivity index (χ1v) is 13.5. The maximum atomic E-state index is 14.1. The minimum Gasteiger partial charge on any atom is -0.390 e. The molecule has 3 N–H and O–H groups in total. The van der Waals surface area contributed by atoms with Gasteiger partial charge in [-0.2, -0.15) is 0 Å². The fraction of sp³-hybridized carbons (Fsp3) is 0.300. The van der Waals surface area contributed by atoms with Crippen molar-refractivity contribution in [1.82, 2.24) is 9.47 Å². The highest BCUT2D eigenvalue weighted by atomic mass is 32.1. The summed E-state index contributed by atoms with van der Waals surface area (Å²) in [5.74, 6) is -1.61. The molecule has 5 nitrogen and oxygen atoms in total. The van der Waals surface area contributed by atoms with Gasteiger partial charge in [0.2, 0.25) is 0 Å². The van der Waals surface area contributed by atoms with Gasteiger partial charge in [-0.3, -0.25) is 4.79 Å². The molecule has 4 aromatic rings. The lowest BCUT2D eigenvalue weighted by molar-refractivity contribution is 0.0554. The molecular formula is C30H33F2N3O2S. The summed E-state index contributed by atoms with van der Waals surface area (Å²) in [5.41, 5.74) is 10.2. The summed E-state index contributed by atoms with van der Waals surface area (Å²) in [7, 11) is 0. The number of aliphatic hydroxyl groups excluding tert-OH is 1. The predicted molar refractivity (Wildman–Crippen MR) is 148 cm³/mol. The van der Waals surface area contributed by atoms with Crippen molar-refractivity contribution in [2.75, 3.05) is 6.54 Å². The number of hydrogen-bond donors (Lipinski definition) is 2. The van der Waals surface area contributed by atoms with Gasteiger partial charge in [-0.25, -0.2) is 8.78 Å². The molecule has 2 aromatic heterocycles. The number of carbonyl (C=O) groups is 1. The first-order valence-electron chi connectivity index (χ1n) is 12.6. The number of carbonyl (C=O) groups excluding carboxylic acids is 1. The Kier molecular flexibility index (Phi) is 8.76. The van der Waals surface area contributed by atoms with Crippen molar-refractivity contribution < 1.29 is 18.7 Å². The van der Waals surface area contributed by atoms with E-state index in [0.29, 0.717) is 11.1 Å². The standard InChI is InChI=1S/C30H33F2N3O2S/c1-4-21-8-7-9-22(12-21)17-35(18-27(36)26(33)15-23-13-24(31)16-25(32)14-23)29(37)28-19(2)20(3)38-30(28)34-10-5-6-11-34/h5-14,16,26-27,36H,4,15,17-18,33H2,1-3H3/t26-,27+/m0/s1.